The van der Waals surface area contributed by atoms with Crippen LogP contribution in [-0.4, -0.2) is 50.4 Å². The molecule has 1 aromatic carbocycles. The Hall–Kier alpha value is -3.41. The Morgan fingerprint density at radius 1 is 1.20 bits per heavy atom. The van der Waals surface area contributed by atoms with Crippen molar-refractivity contribution >= 4 is 23.3 Å². The largest absolute Gasteiger partial charge is 0.481 e. The highest BCUT2D eigenvalue weighted by molar-refractivity contribution is 6.04. The van der Waals surface area contributed by atoms with Crippen LogP contribution >= 0.6 is 0 Å². The van der Waals surface area contributed by atoms with Gasteiger partial charge in [-0.25, -0.2) is 4.79 Å². The van der Waals surface area contributed by atoms with Crippen LogP contribution in [0, 0.1) is 18.3 Å². The molecular formula is C34H45N2O4+. The predicted octanol–water partition coefficient (Wildman–Crippen LogP) is 7.12. The summed E-state index contributed by atoms with van der Waals surface area (Å²) in [6.45, 7) is 15.4. The third-order valence-corrected chi connectivity index (χ3v) is 9.17. The van der Waals surface area contributed by atoms with Gasteiger partial charge in [-0.15, -0.1) is 6.58 Å². The van der Waals surface area contributed by atoms with Crippen molar-refractivity contribution in [2.45, 2.75) is 85.0 Å². The molecule has 40 heavy (non-hydrogen) atoms. The predicted molar refractivity (Wildman–Crippen MR) is 160 cm³/mol. The van der Waals surface area contributed by atoms with E-state index < -0.39 is 11.9 Å². The lowest BCUT2D eigenvalue weighted by atomic mass is 9.72. The maximum atomic E-state index is 12.0. The van der Waals surface area contributed by atoms with Crippen LogP contribution in [0.25, 0.3) is 0 Å². The molecule has 6 heteroatoms. The Kier molecular flexibility index (Phi) is 8.57. The van der Waals surface area contributed by atoms with Crippen molar-refractivity contribution in [2.24, 2.45) is 11.3 Å². The first-order chi connectivity index (χ1) is 19.0. The lowest BCUT2D eigenvalue weighted by Gasteiger charge is -2.32. The van der Waals surface area contributed by atoms with Crippen LogP contribution in [0.2, 0.25) is 0 Å². The molecule has 0 saturated heterocycles. The molecule has 0 bridgehead atoms. The van der Waals surface area contributed by atoms with Crippen LogP contribution in [0.3, 0.4) is 0 Å². The number of fused-ring (bicyclic) bond motifs is 1. The van der Waals surface area contributed by atoms with Crippen molar-refractivity contribution in [2.75, 3.05) is 13.1 Å². The number of carboxylic acids is 2. The number of nitrogens with zero attached hydrogens (tertiary/aromatic N) is 2. The number of carbonyl (C=O) groups is 2. The van der Waals surface area contributed by atoms with E-state index in [2.05, 4.69) is 70.4 Å². The minimum atomic E-state index is -0.864. The van der Waals surface area contributed by atoms with Gasteiger partial charge in [-0.05, 0) is 76.5 Å². The molecule has 6 nitrogen and oxygen atoms in total. The van der Waals surface area contributed by atoms with E-state index in [9.17, 15) is 19.8 Å². The number of aryl methyl sites for hydroxylation is 1. The van der Waals surface area contributed by atoms with Crippen LogP contribution in [0.1, 0.15) is 83.8 Å². The third-order valence-electron chi connectivity index (χ3n) is 9.17. The quantitative estimate of drug-likeness (QED) is 0.229. The van der Waals surface area contributed by atoms with E-state index >= 15 is 0 Å². The summed E-state index contributed by atoms with van der Waals surface area (Å²) in [5, 5.41) is 19.3. The van der Waals surface area contributed by atoms with Crippen molar-refractivity contribution in [1.82, 2.24) is 4.90 Å². The van der Waals surface area contributed by atoms with Crippen molar-refractivity contribution in [3.05, 3.63) is 77.2 Å². The fourth-order valence-electron chi connectivity index (χ4n) is 7.26. The third kappa shape index (κ3) is 5.33. The van der Waals surface area contributed by atoms with E-state index in [0.29, 0.717) is 12.5 Å². The summed E-state index contributed by atoms with van der Waals surface area (Å²) < 4.78 is 1.95. The number of allylic oxidation sites excluding steroid dienone is 6. The van der Waals surface area contributed by atoms with Gasteiger partial charge in [0.15, 0.2) is 5.71 Å². The second-order valence-corrected chi connectivity index (χ2v) is 12.3. The molecule has 0 spiro atoms. The maximum Gasteiger partial charge on any atom is 0.370 e. The summed E-state index contributed by atoms with van der Waals surface area (Å²) in [6.07, 6.45) is 14.1. The summed E-state index contributed by atoms with van der Waals surface area (Å²) in [5.41, 5.74) is 7.53. The molecule has 214 valence electrons. The molecule has 3 unspecified atom stereocenters. The monoisotopic (exact) mass is 545 g/mol. The van der Waals surface area contributed by atoms with Crippen LogP contribution in [0.4, 0.5) is 5.69 Å². The molecule has 0 amide bonds. The molecule has 1 aromatic rings. The van der Waals surface area contributed by atoms with E-state index in [4.69, 9.17) is 0 Å². The maximum absolute atomic E-state index is 12.0. The Morgan fingerprint density at radius 2 is 1.95 bits per heavy atom. The summed E-state index contributed by atoms with van der Waals surface area (Å²) in [7, 11) is 0. The van der Waals surface area contributed by atoms with Gasteiger partial charge in [-0.2, -0.15) is 4.58 Å². The SMILES string of the molecule is C=CCC1(C)C(=CC=CC2=[N+](CC(=O)O)c3ccc(C)cc3C2(C)CCC)N(CCC(=O)O)C2=C1CC(C)CC2. The number of benzene rings is 1. The normalized spacial score (nSPS) is 27.1. The highest BCUT2D eigenvalue weighted by Gasteiger charge is 2.48. The van der Waals surface area contributed by atoms with Gasteiger partial charge in [0, 0.05) is 41.1 Å². The Morgan fingerprint density at radius 3 is 2.60 bits per heavy atom. The van der Waals surface area contributed by atoms with Crippen LogP contribution in [0.5, 0.6) is 0 Å². The topological polar surface area (TPSA) is 80.9 Å². The molecule has 0 radical (unpaired) electrons. The number of hydrogen-bond donors (Lipinski definition) is 2. The van der Waals surface area contributed by atoms with Gasteiger partial charge < -0.3 is 15.1 Å². The van der Waals surface area contributed by atoms with Crippen LogP contribution in [-0.2, 0) is 15.0 Å². The minimum Gasteiger partial charge on any atom is -0.481 e. The summed E-state index contributed by atoms with van der Waals surface area (Å²) in [5.74, 6) is -1.07. The molecule has 2 heterocycles. The number of hydrogen-bond acceptors (Lipinski definition) is 3. The van der Waals surface area contributed by atoms with Gasteiger partial charge in [-0.3, -0.25) is 4.79 Å². The molecular weight excluding hydrogens is 500 g/mol. The zero-order valence-corrected chi connectivity index (χ0v) is 24.8. The standard InChI is InChI=1S/C34H44N2O4/c1-7-17-33(5)25-20-23(3)12-14-27(25)35(19-16-31(37)38)29(33)10-9-11-30-34(6,18-8-2)26-21-24(4)13-15-28(26)36(30)22-32(39)40/h7,9-11,13,15,21,23H,1,8,12,14,16-20,22H2,2-6H3,(H-,37,38,39,40)/p+1. The Labute approximate surface area is 239 Å². The van der Waals surface area contributed by atoms with Crippen molar-refractivity contribution in [1.29, 1.82) is 0 Å². The summed E-state index contributed by atoms with van der Waals surface area (Å²) in [4.78, 5) is 25.8. The Balaban J connectivity index is 1.83. The van der Waals surface area contributed by atoms with E-state index in [1.54, 1.807) is 0 Å². The lowest BCUT2D eigenvalue weighted by molar-refractivity contribution is -0.428. The van der Waals surface area contributed by atoms with Crippen molar-refractivity contribution in [3.8, 4) is 0 Å². The van der Waals surface area contributed by atoms with Gasteiger partial charge in [-0.1, -0.05) is 44.1 Å². The second kappa shape index (κ2) is 11.6. The first-order valence-electron chi connectivity index (χ1n) is 14.7. The fourth-order valence-corrected chi connectivity index (χ4v) is 7.26. The smallest absolute Gasteiger partial charge is 0.370 e. The van der Waals surface area contributed by atoms with E-state index in [0.717, 1.165) is 61.2 Å². The molecule has 0 saturated carbocycles. The highest BCUT2D eigenvalue weighted by atomic mass is 16.4. The molecule has 2 aliphatic heterocycles. The first kappa shape index (κ1) is 29.6. The molecule has 3 aliphatic rings. The fraction of sp³-hybridized carbons (Fsp3) is 0.500. The summed E-state index contributed by atoms with van der Waals surface area (Å²) >= 11 is 0. The molecule has 0 aromatic heterocycles. The van der Waals surface area contributed by atoms with E-state index in [-0.39, 0.29) is 23.8 Å². The highest BCUT2D eigenvalue weighted by Crippen LogP contribution is 2.55. The average Bonchev–Trinajstić information content (AvgIpc) is 3.23. The zero-order valence-electron chi connectivity index (χ0n) is 24.8. The van der Waals surface area contributed by atoms with Crippen LogP contribution < -0.4 is 0 Å². The molecule has 1 aliphatic carbocycles. The Bertz CT molecular complexity index is 1330. The summed E-state index contributed by atoms with van der Waals surface area (Å²) in [6, 6.07) is 6.29. The van der Waals surface area contributed by atoms with Gasteiger partial charge in [0.05, 0.1) is 11.8 Å². The van der Waals surface area contributed by atoms with Gasteiger partial charge in [0.2, 0.25) is 12.2 Å². The molecule has 0 fully saturated rings. The number of aliphatic carboxylic acids is 2. The van der Waals surface area contributed by atoms with Crippen LogP contribution in [0.15, 0.2) is 66.0 Å². The molecule has 3 atom stereocenters. The first-order valence-corrected chi connectivity index (χ1v) is 14.7. The second-order valence-electron chi connectivity index (χ2n) is 12.3. The molecule has 4 rings (SSSR count). The number of carboxylic acid groups (broad SMARTS) is 2. The van der Waals surface area contributed by atoms with E-state index in [1.807, 2.05) is 22.8 Å². The van der Waals surface area contributed by atoms with Gasteiger partial charge >= 0.3 is 11.9 Å². The van der Waals surface area contributed by atoms with Crippen molar-refractivity contribution in [3.63, 3.8) is 0 Å². The van der Waals surface area contributed by atoms with E-state index in [1.165, 1.54) is 16.8 Å². The minimum absolute atomic E-state index is 0.0740. The molecule has 2 N–H and O–H groups in total. The zero-order chi connectivity index (χ0) is 29.2. The van der Waals surface area contributed by atoms with Gasteiger partial charge in [0.25, 0.3) is 0 Å². The van der Waals surface area contributed by atoms with Gasteiger partial charge in [0.1, 0.15) is 0 Å². The lowest BCUT2D eigenvalue weighted by Crippen LogP contribution is -2.32. The van der Waals surface area contributed by atoms with Crippen molar-refractivity contribution < 1.29 is 24.4 Å². The average molecular weight is 546 g/mol. The number of rotatable bonds is 11.